The van der Waals surface area contributed by atoms with Crippen LogP contribution in [0.3, 0.4) is 0 Å². The van der Waals surface area contributed by atoms with Crippen molar-refractivity contribution in [3.8, 4) is 5.88 Å². The first kappa shape index (κ1) is 14.5. The number of aromatic nitrogens is 2. The van der Waals surface area contributed by atoms with Crippen LogP contribution in [-0.2, 0) is 4.79 Å². The number of rotatable bonds is 3. The van der Waals surface area contributed by atoms with Gasteiger partial charge in [0, 0.05) is 12.3 Å². The van der Waals surface area contributed by atoms with Crippen molar-refractivity contribution in [2.75, 3.05) is 12.4 Å². The van der Waals surface area contributed by atoms with Crippen molar-refractivity contribution in [3.05, 3.63) is 36.5 Å². The Hall–Kier alpha value is -2.47. The average Bonchev–Trinajstić information content (AvgIpc) is 2.55. The average molecular weight is 299 g/mol. The van der Waals surface area contributed by atoms with Crippen molar-refractivity contribution in [2.45, 2.75) is 24.9 Å². The molecule has 2 aromatic heterocycles. The summed E-state index contributed by atoms with van der Waals surface area (Å²) in [5.41, 5.74) is 0.205. The molecule has 0 fully saturated rings. The molecule has 0 radical (unpaired) electrons. The van der Waals surface area contributed by atoms with E-state index >= 15 is 0 Å². The van der Waals surface area contributed by atoms with Crippen LogP contribution in [-0.4, -0.2) is 33.7 Å². The number of aliphatic hydroxyl groups is 1. The van der Waals surface area contributed by atoms with E-state index in [0.29, 0.717) is 29.0 Å². The van der Waals surface area contributed by atoms with E-state index in [4.69, 9.17) is 4.74 Å². The number of carbonyl (C=O) groups excluding carboxylic acids is 1. The molecule has 0 aliphatic heterocycles. The smallest absolute Gasteiger partial charge is 0.260 e. The van der Waals surface area contributed by atoms with E-state index in [1.165, 1.54) is 7.11 Å². The van der Waals surface area contributed by atoms with Crippen molar-refractivity contribution in [2.24, 2.45) is 0 Å². The summed E-state index contributed by atoms with van der Waals surface area (Å²) in [7, 11) is 1.53. The highest BCUT2D eigenvalue weighted by Crippen LogP contribution is 2.26. The molecule has 3 rings (SSSR count). The number of amides is 1. The number of carbonyl (C=O) groups is 1. The molecular formula is C16H17N3O3. The monoisotopic (exact) mass is 299 g/mol. The molecule has 1 unspecified atom stereocenters. The minimum Gasteiger partial charge on any atom is -0.481 e. The van der Waals surface area contributed by atoms with Gasteiger partial charge in [0.2, 0.25) is 5.88 Å². The fourth-order valence-electron chi connectivity index (χ4n) is 2.49. The van der Waals surface area contributed by atoms with Gasteiger partial charge in [-0.3, -0.25) is 9.78 Å². The number of nitrogens with zero attached hydrogens (tertiary/aromatic N) is 2. The van der Waals surface area contributed by atoms with Crippen LogP contribution in [0.5, 0.6) is 5.88 Å². The van der Waals surface area contributed by atoms with Gasteiger partial charge in [0.05, 0.1) is 18.3 Å². The fraction of sp³-hybridized carbons (Fsp3) is 0.312. The lowest BCUT2D eigenvalue weighted by molar-refractivity contribution is -0.130. The molecule has 0 saturated heterocycles. The number of methoxy groups -OCH3 is 1. The summed E-state index contributed by atoms with van der Waals surface area (Å²) in [6.45, 7) is 0. The standard InChI is InChI=1S/C16H17N3O3/c1-22-13-6-5-11-14(19-13)12(7-10-17-11)18-15(20)16(21)8-3-2-4-9-16/h3,5-8,10,21H,2,4,9H2,1H3,(H,17,18,20). The van der Waals surface area contributed by atoms with Gasteiger partial charge in [0.25, 0.3) is 5.91 Å². The van der Waals surface area contributed by atoms with Gasteiger partial charge in [0.15, 0.2) is 5.60 Å². The van der Waals surface area contributed by atoms with Gasteiger partial charge in [-0.1, -0.05) is 6.08 Å². The molecular weight excluding hydrogens is 282 g/mol. The number of hydrogen-bond acceptors (Lipinski definition) is 5. The summed E-state index contributed by atoms with van der Waals surface area (Å²) in [5.74, 6) is -0.0205. The number of ether oxygens (including phenoxy) is 1. The van der Waals surface area contributed by atoms with E-state index in [0.717, 1.165) is 12.8 Å². The van der Waals surface area contributed by atoms with Crippen LogP contribution < -0.4 is 10.1 Å². The van der Waals surface area contributed by atoms with Crippen molar-refractivity contribution in [1.82, 2.24) is 9.97 Å². The van der Waals surface area contributed by atoms with Gasteiger partial charge in [-0.15, -0.1) is 0 Å². The zero-order chi connectivity index (χ0) is 15.6. The predicted molar refractivity (Wildman–Crippen MR) is 82.7 cm³/mol. The summed E-state index contributed by atoms with van der Waals surface area (Å²) in [4.78, 5) is 20.9. The number of fused-ring (bicyclic) bond motifs is 1. The third-order valence-corrected chi connectivity index (χ3v) is 3.73. The predicted octanol–water partition coefficient (Wildman–Crippen LogP) is 2.05. The molecule has 2 N–H and O–H groups in total. The molecule has 22 heavy (non-hydrogen) atoms. The SMILES string of the molecule is COc1ccc2nccc(NC(=O)C3(O)C=CCCC3)c2n1. The van der Waals surface area contributed by atoms with Crippen LogP contribution in [0.2, 0.25) is 0 Å². The molecule has 2 heterocycles. The minimum atomic E-state index is -1.47. The summed E-state index contributed by atoms with van der Waals surface area (Å²) in [6, 6.07) is 5.13. The van der Waals surface area contributed by atoms with E-state index in [1.54, 1.807) is 30.5 Å². The Labute approximate surface area is 127 Å². The lowest BCUT2D eigenvalue weighted by atomic mass is 9.90. The van der Waals surface area contributed by atoms with Crippen LogP contribution in [0.1, 0.15) is 19.3 Å². The van der Waals surface area contributed by atoms with E-state index < -0.39 is 11.5 Å². The van der Waals surface area contributed by atoms with E-state index in [-0.39, 0.29) is 0 Å². The highest BCUT2D eigenvalue weighted by atomic mass is 16.5. The molecule has 2 aromatic rings. The van der Waals surface area contributed by atoms with Gasteiger partial charge < -0.3 is 15.2 Å². The summed E-state index contributed by atoms with van der Waals surface area (Å²) in [6.07, 6.45) is 7.05. The third-order valence-electron chi connectivity index (χ3n) is 3.73. The van der Waals surface area contributed by atoms with Crippen molar-refractivity contribution in [3.63, 3.8) is 0 Å². The first-order chi connectivity index (χ1) is 10.6. The Morgan fingerprint density at radius 2 is 2.27 bits per heavy atom. The van der Waals surface area contributed by atoms with Gasteiger partial charge >= 0.3 is 0 Å². The second kappa shape index (κ2) is 5.73. The van der Waals surface area contributed by atoms with Crippen LogP contribution in [0.4, 0.5) is 5.69 Å². The van der Waals surface area contributed by atoms with Crippen LogP contribution in [0, 0.1) is 0 Å². The van der Waals surface area contributed by atoms with Crippen LogP contribution >= 0.6 is 0 Å². The van der Waals surface area contributed by atoms with Gasteiger partial charge in [0.1, 0.15) is 5.52 Å². The third kappa shape index (κ3) is 2.65. The quantitative estimate of drug-likeness (QED) is 0.847. The molecule has 1 aliphatic rings. The van der Waals surface area contributed by atoms with Gasteiger partial charge in [-0.05, 0) is 37.5 Å². The van der Waals surface area contributed by atoms with Crippen LogP contribution in [0.25, 0.3) is 11.0 Å². The maximum Gasteiger partial charge on any atom is 0.260 e. The topological polar surface area (TPSA) is 84.3 Å². The Bertz CT molecular complexity index is 744. The lowest BCUT2D eigenvalue weighted by Crippen LogP contribution is -2.42. The molecule has 0 spiro atoms. The highest BCUT2D eigenvalue weighted by molar-refractivity contribution is 6.03. The largest absolute Gasteiger partial charge is 0.481 e. The Kier molecular flexibility index (Phi) is 3.77. The molecule has 114 valence electrons. The van der Waals surface area contributed by atoms with E-state index in [2.05, 4.69) is 15.3 Å². The maximum atomic E-state index is 12.4. The Morgan fingerprint density at radius 1 is 1.41 bits per heavy atom. The molecule has 1 aliphatic carbocycles. The summed E-state index contributed by atoms with van der Waals surface area (Å²) < 4.78 is 5.11. The second-order valence-corrected chi connectivity index (χ2v) is 5.25. The normalized spacial score (nSPS) is 20.8. The fourth-order valence-corrected chi connectivity index (χ4v) is 2.49. The minimum absolute atomic E-state index is 0.412. The Morgan fingerprint density at radius 3 is 3.00 bits per heavy atom. The van der Waals surface area contributed by atoms with E-state index in [1.807, 2.05) is 6.08 Å². The molecule has 1 atom stereocenters. The molecule has 0 saturated carbocycles. The molecule has 6 heteroatoms. The van der Waals surface area contributed by atoms with Crippen molar-refractivity contribution >= 4 is 22.6 Å². The molecule has 0 aromatic carbocycles. The molecule has 0 bridgehead atoms. The van der Waals surface area contributed by atoms with Gasteiger partial charge in [-0.25, -0.2) is 4.98 Å². The summed E-state index contributed by atoms with van der Waals surface area (Å²) in [5, 5.41) is 13.2. The maximum absolute atomic E-state index is 12.4. The van der Waals surface area contributed by atoms with Crippen molar-refractivity contribution < 1.29 is 14.6 Å². The number of anilines is 1. The first-order valence-corrected chi connectivity index (χ1v) is 7.14. The second-order valence-electron chi connectivity index (χ2n) is 5.25. The highest BCUT2D eigenvalue weighted by Gasteiger charge is 2.34. The zero-order valence-corrected chi connectivity index (χ0v) is 12.2. The van der Waals surface area contributed by atoms with Gasteiger partial charge in [-0.2, -0.15) is 0 Å². The Balaban J connectivity index is 1.95. The number of nitrogens with one attached hydrogen (secondary N) is 1. The zero-order valence-electron chi connectivity index (χ0n) is 12.2. The number of hydrogen-bond donors (Lipinski definition) is 2. The molecule has 1 amide bonds. The van der Waals surface area contributed by atoms with Crippen molar-refractivity contribution in [1.29, 1.82) is 0 Å². The number of allylic oxidation sites excluding steroid dienone is 1. The molecule has 6 nitrogen and oxygen atoms in total. The van der Waals surface area contributed by atoms with E-state index in [9.17, 15) is 9.90 Å². The van der Waals surface area contributed by atoms with Crippen LogP contribution in [0.15, 0.2) is 36.5 Å². The lowest BCUT2D eigenvalue weighted by Gasteiger charge is -2.26. The summed E-state index contributed by atoms with van der Waals surface area (Å²) >= 11 is 0. The first-order valence-electron chi connectivity index (χ1n) is 7.14. The number of pyridine rings is 2.